The molecule has 0 aliphatic carbocycles. The average Bonchev–Trinajstić information content (AvgIpc) is 2.98. The van der Waals surface area contributed by atoms with Gasteiger partial charge in [0.05, 0.1) is 33.4 Å². The van der Waals surface area contributed by atoms with Crippen LogP contribution in [0.5, 0.6) is 0 Å². The topological polar surface area (TPSA) is 59.7 Å². The summed E-state index contributed by atoms with van der Waals surface area (Å²) in [5.41, 5.74) is 3.83. The number of hydrogen-bond donors (Lipinski definition) is 0. The van der Waals surface area contributed by atoms with Gasteiger partial charge < -0.3 is 9.47 Å². The number of para-hydroxylation sites is 2. The molecule has 1 fully saturated rings. The van der Waals surface area contributed by atoms with Gasteiger partial charge in [0, 0.05) is 32.4 Å². The number of nitrogens with zero attached hydrogens (tertiary/aromatic N) is 6. The number of hydrogen-bond acceptors (Lipinski definition) is 5. The Labute approximate surface area is 167 Å². The molecule has 0 bridgehead atoms. The van der Waals surface area contributed by atoms with Crippen molar-refractivity contribution in [2.75, 3.05) is 18.0 Å². The average molecular weight is 391 g/mol. The molecule has 0 N–H and O–H groups in total. The van der Waals surface area contributed by atoms with Crippen LogP contribution in [0.15, 0.2) is 48.7 Å². The van der Waals surface area contributed by atoms with Gasteiger partial charge in [0.1, 0.15) is 17.5 Å². The number of benzene rings is 1. The molecule has 0 atom stereocenters. The highest BCUT2D eigenvalue weighted by atomic mass is 35.5. The van der Waals surface area contributed by atoms with Gasteiger partial charge in [0.15, 0.2) is 0 Å². The standard InChI is InChI=1S/C21H19ClN6/c1-13-24-18(16-8-7-15(22)10-23-16)9-20(25-13)28-11-14(12-28)21-26-17-5-3-4-6-19(17)27(21)2/h3-10,14H,11-12H2,1-2H3. The minimum absolute atomic E-state index is 0.393. The summed E-state index contributed by atoms with van der Waals surface area (Å²) in [5.74, 6) is 3.18. The fourth-order valence-electron chi connectivity index (χ4n) is 3.73. The molecular weight excluding hydrogens is 372 g/mol. The van der Waals surface area contributed by atoms with Crippen LogP contribution in [0.3, 0.4) is 0 Å². The van der Waals surface area contributed by atoms with Crippen LogP contribution in [0.2, 0.25) is 5.02 Å². The molecule has 1 saturated heterocycles. The Bertz CT molecular complexity index is 1160. The third-order valence-corrected chi connectivity index (χ3v) is 5.43. The largest absolute Gasteiger partial charge is 0.355 e. The first-order chi connectivity index (χ1) is 13.6. The zero-order chi connectivity index (χ0) is 19.3. The summed E-state index contributed by atoms with van der Waals surface area (Å²) in [6.45, 7) is 3.69. The molecule has 28 heavy (non-hydrogen) atoms. The van der Waals surface area contributed by atoms with Gasteiger partial charge in [-0.2, -0.15) is 0 Å². The van der Waals surface area contributed by atoms with Crippen molar-refractivity contribution in [2.24, 2.45) is 7.05 Å². The van der Waals surface area contributed by atoms with Gasteiger partial charge in [-0.15, -0.1) is 0 Å². The third kappa shape index (κ3) is 2.90. The number of imidazole rings is 1. The summed E-state index contributed by atoms with van der Waals surface area (Å²) < 4.78 is 2.20. The van der Waals surface area contributed by atoms with E-state index < -0.39 is 0 Å². The highest BCUT2D eigenvalue weighted by molar-refractivity contribution is 6.30. The molecule has 1 aromatic carbocycles. The van der Waals surface area contributed by atoms with Crippen molar-refractivity contribution < 1.29 is 0 Å². The lowest BCUT2D eigenvalue weighted by Gasteiger charge is -2.39. The maximum absolute atomic E-state index is 5.95. The molecule has 0 saturated carbocycles. The molecule has 0 radical (unpaired) electrons. The number of aryl methyl sites for hydroxylation is 2. The van der Waals surface area contributed by atoms with Crippen LogP contribution in [-0.4, -0.2) is 37.6 Å². The highest BCUT2D eigenvalue weighted by Crippen LogP contribution is 2.32. The third-order valence-electron chi connectivity index (χ3n) is 5.21. The maximum Gasteiger partial charge on any atom is 0.132 e. The number of rotatable bonds is 3. The predicted octanol–water partition coefficient (Wildman–Crippen LogP) is 3.99. The molecular formula is C21H19ClN6. The normalized spacial score (nSPS) is 14.5. The van der Waals surface area contributed by atoms with Crippen LogP contribution in [0.4, 0.5) is 5.82 Å². The van der Waals surface area contributed by atoms with E-state index in [0.29, 0.717) is 10.9 Å². The summed E-state index contributed by atoms with van der Waals surface area (Å²) in [6, 6.07) is 14.0. The molecule has 3 aromatic heterocycles. The second kappa shape index (κ2) is 6.56. The molecule has 4 aromatic rings. The van der Waals surface area contributed by atoms with Crippen LogP contribution in [0.1, 0.15) is 17.6 Å². The van der Waals surface area contributed by atoms with Crippen molar-refractivity contribution in [3.05, 3.63) is 65.3 Å². The monoisotopic (exact) mass is 390 g/mol. The van der Waals surface area contributed by atoms with Crippen molar-refractivity contribution in [2.45, 2.75) is 12.8 Å². The van der Waals surface area contributed by atoms with Crippen molar-refractivity contribution >= 4 is 28.5 Å². The number of pyridine rings is 1. The fourth-order valence-corrected chi connectivity index (χ4v) is 3.84. The van der Waals surface area contributed by atoms with Gasteiger partial charge >= 0.3 is 0 Å². The van der Waals surface area contributed by atoms with Crippen LogP contribution in [0.25, 0.3) is 22.4 Å². The van der Waals surface area contributed by atoms with E-state index >= 15 is 0 Å². The van der Waals surface area contributed by atoms with E-state index in [-0.39, 0.29) is 0 Å². The molecule has 7 heteroatoms. The zero-order valence-corrected chi connectivity index (χ0v) is 16.4. The van der Waals surface area contributed by atoms with E-state index in [1.807, 2.05) is 31.2 Å². The van der Waals surface area contributed by atoms with E-state index in [9.17, 15) is 0 Å². The predicted molar refractivity (Wildman–Crippen MR) is 111 cm³/mol. The van der Waals surface area contributed by atoms with Crippen molar-refractivity contribution in [3.8, 4) is 11.4 Å². The molecule has 0 spiro atoms. The summed E-state index contributed by atoms with van der Waals surface area (Å²) in [7, 11) is 2.09. The Balaban J connectivity index is 1.40. The van der Waals surface area contributed by atoms with Crippen LogP contribution >= 0.6 is 11.6 Å². The molecule has 5 rings (SSSR count). The molecule has 140 valence electrons. The lowest BCUT2D eigenvalue weighted by atomic mass is 9.99. The van der Waals surface area contributed by atoms with Crippen LogP contribution < -0.4 is 4.90 Å². The SMILES string of the molecule is Cc1nc(-c2ccc(Cl)cn2)cc(N2CC(c3nc4ccccc4n3C)C2)n1. The highest BCUT2D eigenvalue weighted by Gasteiger charge is 2.33. The molecule has 4 heterocycles. The van der Waals surface area contributed by atoms with E-state index in [1.54, 1.807) is 6.20 Å². The van der Waals surface area contributed by atoms with Gasteiger partial charge in [-0.05, 0) is 31.2 Å². The number of fused-ring (bicyclic) bond motifs is 1. The number of anilines is 1. The maximum atomic E-state index is 5.95. The number of aromatic nitrogens is 5. The minimum atomic E-state index is 0.393. The van der Waals surface area contributed by atoms with Gasteiger partial charge in [0.2, 0.25) is 0 Å². The second-order valence-electron chi connectivity index (χ2n) is 7.14. The quantitative estimate of drug-likeness (QED) is 0.529. The fraction of sp³-hybridized carbons (Fsp3) is 0.238. The lowest BCUT2D eigenvalue weighted by molar-refractivity contribution is 0.485. The first-order valence-corrected chi connectivity index (χ1v) is 9.60. The Hall–Kier alpha value is -2.99. The van der Waals surface area contributed by atoms with Gasteiger partial charge in [0.25, 0.3) is 0 Å². The minimum Gasteiger partial charge on any atom is -0.355 e. The molecule has 1 aliphatic rings. The van der Waals surface area contributed by atoms with Gasteiger partial charge in [-0.1, -0.05) is 23.7 Å². The Morgan fingerprint density at radius 3 is 2.57 bits per heavy atom. The van der Waals surface area contributed by atoms with Crippen LogP contribution in [-0.2, 0) is 7.05 Å². The summed E-state index contributed by atoms with van der Waals surface area (Å²) in [6.07, 6.45) is 1.64. The number of halogens is 1. The summed E-state index contributed by atoms with van der Waals surface area (Å²) in [5, 5.41) is 0.614. The Morgan fingerprint density at radius 2 is 1.82 bits per heavy atom. The van der Waals surface area contributed by atoms with E-state index in [4.69, 9.17) is 16.6 Å². The Morgan fingerprint density at radius 1 is 1.00 bits per heavy atom. The smallest absolute Gasteiger partial charge is 0.132 e. The molecule has 6 nitrogen and oxygen atoms in total. The second-order valence-corrected chi connectivity index (χ2v) is 7.58. The van der Waals surface area contributed by atoms with E-state index in [1.165, 1.54) is 5.52 Å². The van der Waals surface area contributed by atoms with Crippen molar-refractivity contribution in [1.29, 1.82) is 0 Å². The van der Waals surface area contributed by atoms with Gasteiger partial charge in [-0.3, -0.25) is 4.98 Å². The summed E-state index contributed by atoms with van der Waals surface area (Å²) >= 11 is 5.95. The summed E-state index contributed by atoms with van der Waals surface area (Å²) in [4.78, 5) is 20.6. The van der Waals surface area contributed by atoms with Crippen molar-refractivity contribution in [3.63, 3.8) is 0 Å². The first kappa shape index (κ1) is 17.1. The van der Waals surface area contributed by atoms with E-state index in [2.05, 4.69) is 49.7 Å². The lowest BCUT2D eigenvalue weighted by Crippen LogP contribution is -2.46. The zero-order valence-electron chi connectivity index (χ0n) is 15.7. The molecule has 1 aliphatic heterocycles. The molecule has 0 amide bonds. The first-order valence-electron chi connectivity index (χ1n) is 9.22. The van der Waals surface area contributed by atoms with Gasteiger partial charge in [-0.25, -0.2) is 15.0 Å². The van der Waals surface area contributed by atoms with E-state index in [0.717, 1.165) is 47.5 Å². The Kier molecular flexibility index (Phi) is 4.02. The van der Waals surface area contributed by atoms with Crippen LogP contribution in [0, 0.1) is 6.92 Å². The molecule has 0 unspecified atom stereocenters. The van der Waals surface area contributed by atoms with Crippen molar-refractivity contribution in [1.82, 2.24) is 24.5 Å².